The topological polar surface area (TPSA) is 77.8 Å². The van der Waals surface area contributed by atoms with Crippen LogP contribution in [0.4, 0.5) is 0 Å². The van der Waals surface area contributed by atoms with E-state index in [2.05, 4.69) is 19.1 Å². The summed E-state index contributed by atoms with van der Waals surface area (Å²) in [6.07, 6.45) is 8.03. The van der Waals surface area contributed by atoms with Crippen molar-refractivity contribution in [2.75, 3.05) is 6.54 Å². The minimum atomic E-state index is -0.896. The smallest absolute Gasteiger partial charge is 0.345 e. The summed E-state index contributed by atoms with van der Waals surface area (Å²) in [5.41, 5.74) is 1.28. The summed E-state index contributed by atoms with van der Waals surface area (Å²) in [5.74, 6) is -0.601. The van der Waals surface area contributed by atoms with Gasteiger partial charge in [0.1, 0.15) is 4.88 Å². The summed E-state index contributed by atoms with van der Waals surface area (Å²) >= 11 is 1.30. The van der Waals surface area contributed by atoms with Gasteiger partial charge >= 0.3 is 5.97 Å². The number of nitrogens with zero attached hydrogens (tertiary/aromatic N) is 1. The Kier molecular flexibility index (Phi) is 8.43. The van der Waals surface area contributed by atoms with E-state index >= 15 is 0 Å². The molecule has 0 bridgehead atoms. The van der Waals surface area contributed by atoms with Gasteiger partial charge in [-0.2, -0.15) is 0 Å². The van der Waals surface area contributed by atoms with Crippen LogP contribution < -0.4 is 0 Å². The van der Waals surface area contributed by atoms with Gasteiger partial charge in [0.15, 0.2) is 0 Å². The van der Waals surface area contributed by atoms with Crippen LogP contribution in [0.3, 0.4) is 0 Å². The number of benzene rings is 1. The molecule has 1 aliphatic heterocycles. The maximum atomic E-state index is 12.3. The molecule has 0 saturated carbocycles. The minimum Gasteiger partial charge on any atom is -0.477 e. The first kappa shape index (κ1) is 23.2. The Labute approximate surface area is 188 Å². The van der Waals surface area contributed by atoms with Gasteiger partial charge in [-0.3, -0.25) is 4.79 Å². The number of carboxylic acids is 1. The molecule has 0 spiro atoms. The monoisotopic (exact) mass is 441 g/mol. The molecule has 1 aromatic heterocycles. The van der Waals surface area contributed by atoms with Gasteiger partial charge in [-0.25, -0.2) is 4.79 Å². The predicted molar refractivity (Wildman–Crippen MR) is 123 cm³/mol. The van der Waals surface area contributed by atoms with Crippen LogP contribution in [0.15, 0.2) is 54.6 Å². The average Bonchev–Trinajstić information content (AvgIpc) is 3.38. The number of likely N-dealkylation sites (tertiary alicyclic amines) is 1. The van der Waals surface area contributed by atoms with Gasteiger partial charge in [0.25, 0.3) is 0 Å². The summed E-state index contributed by atoms with van der Waals surface area (Å²) in [7, 11) is 0. The van der Waals surface area contributed by atoms with Crippen LogP contribution in [0.1, 0.15) is 52.7 Å². The number of aliphatic hydroxyl groups is 1. The molecule has 1 amide bonds. The van der Waals surface area contributed by atoms with Gasteiger partial charge in [-0.15, -0.1) is 11.3 Å². The summed E-state index contributed by atoms with van der Waals surface area (Å²) < 4.78 is 0. The van der Waals surface area contributed by atoms with Crippen LogP contribution in [-0.4, -0.2) is 45.7 Å². The molecule has 0 aliphatic carbocycles. The van der Waals surface area contributed by atoms with Crippen LogP contribution >= 0.6 is 11.3 Å². The Morgan fingerprint density at radius 1 is 1.23 bits per heavy atom. The number of thiophene rings is 1. The third kappa shape index (κ3) is 6.77. The lowest BCUT2D eigenvalue weighted by atomic mass is 9.95. The van der Waals surface area contributed by atoms with E-state index in [1.807, 2.05) is 41.3 Å². The number of aliphatic hydroxyl groups excluding tert-OH is 1. The number of rotatable bonds is 11. The van der Waals surface area contributed by atoms with E-state index < -0.39 is 12.1 Å². The molecule has 1 aromatic carbocycles. The van der Waals surface area contributed by atoms with Gasteiger partial charge in [0.2, 0.25) is 5.91 Å². The molecule has 166 valence electrons. The fourth-order valence-corrected chi connectivity index (χ4v) is 4.83. The molecule has 2 aromatic rings. The summed E-state index contributed by atoms with van der Waals surface area (Å²) in [5, 5.41) is 19.6. The second kappa shape index (κ2) is 11.3. The fourth-order valence-electron chi connectivity index (χ4n) is 3.94. The van der Waals surface area contributed by atoms with E-state index in [0.717, 1.165) is 37.0 Å². The lowest BCUT2D eigenvalue weighted by Gasteiger charge is -2.23. The summed E-state index contributed by atoms with van der Waals surface area (Å²) in [6, 6.07) is 13.8. The van der Waals surface area contributed by atoms with Crippen molar-refractivity contribution in [2.24, 2.45) is 5.92 Å². The van der Waals surface area contributed by atoms with Crippen molar-refractivity contribution in [1.82, 2.24) is 4.90 Å². The first-order chi connectivity index (χ1) is 14.9. The van der Waals surface area contributed by atoms with Crippen LogP contribution in [0.25, 0.3) is 0 Å². The molecule has 1 aliphatic rings. The van der Waals surface area contributed by atoms with E-state index in [1.54, 1.807) is 6.07 Å². The Bertz CT molecular complexity index is 892. The van der Waals surface area contributed by atoms with Crippen LogP contribution in [-0.2, 0) is 17.6 Å². The van der Waals surface area contributed by atoms with E-state index in [9.17, 15) is 14.7 Å². The van der Waals surface area contributed by atoms with Crippen molar-refractivity contribution in [3.63, 3.8) is 0 Å². The number of aromatic carboxylic acids is 1. The van der Waals surface area contributed by atoms with E-state index in [-0.39, 0.29) is 17.9 Å². The van der Waals surface area contributed by atoms with E-state index in [0.29, 0.717) is 17.8 Å². The molecule has 0 unspecified atom stereocenters. The quantitative estimate of drug-likeness (QED) is 0.501. The second-order valence-corrected chi connectivity index (χ2v) is 9.41. The first-order valence-electron chi connectivity index (χ1n) is 11.0. The standard InChI is InChI=1S/C25H31NO4S/c1-18(9-10-19-6-3-2-4-7-19)22(27)14-11-20-12-16-24(28)26(20)17-5-8-21-13-15-23(31-21)25(29)30/h2-4,6-7,11,13-15,18,20,22,27H,5,8-10,12,16-17H2,1H3,(H,29,30)/t18-,20+,22+/m1/s1. The van der Waals surface area contributed by atoms with Crippen molar-refractivity contribution in [3.05, 3.63) is 69.9 Å². The molecule has 6 heteroatoms. The zero-order valence-electron chi connectivity index (χ0n) is 17.9. The molecule has 1 saturated heterocycles. The third-order valence-electron chi connectivity index (χ3n) is 5.91. The van der Waals surface area contributed by atoms with Crippen molar-refractivity contribution in [1.29, 1.82) is 0 Å². The molecule has 1 fully saturated rings. The molecule has 3 rings (SSSR count). The Morgan fingerprint density at radius 3 is 2.71 bits per heavy atom. The van der Waals surface area contributed by atoms with Gasteiger partial charge in [0, 0.05) is 17.8 Å². The van der Waals surface area contributed by atoms with Crippen molar-refractivity contribution in [3.8, 4) is 0 Å². The van der Waals surface area contributed by atoms with Gasteiger partial charge < -0.3 is 15.1 Å². The number of hydrogen-bond donors (Lipinski definition) is 2. The molecule has 2 N–H and O–H groups in total. The summed E-state index contributed by atoms with van der Waals surface area (Å²) in [6.45, 7) is 2.70. The zero-order chi connectivity index (χ0) is 22.2. The Balaban J connectivity index is 1.46. The Morgan fingerprint density at radius 2 is 2.00 bits per heavy atom. The molecule has 2 heterocycles. The lowest BCUT2D eigenvalue weighted by molar-refractivity contribution is -0.128. The van der Waals surface area contributed by atoms with E-state index in [4.69, 9.17) is 5.11 Å². The van der Waals surface area contributed by atoms with Crippen molar-refractivity contribution < 1.29 is 19.8 Å². The number of carboxylic acid groups (broad SMARTS) is 1. The minimum absolute atomic E-state index is 0.0291. The maximum absolute atomic E-state index is 12.3. The van der Waals surface area contributed by atoms with Crippen LogP contribution in [0.5, 0.6) is 0 Å². The molecule has 31 heavy (non-hydrogen) atoms. The highest BCUT2D eigenvalue weighted by Crippen LogP contribution is 2.23. The molecule has 5 nitrogen and oxygen atoms in total. The fraction of sp³-hybridized carbons (Fsp3) is 0.440. The molecular weight excluding hydrogens is 410 g/mol. The van der Waals surface area contributed by atoms with Gasteiger partial charge in [0.05, 0.1) is 12.1 Å². The third-order valence-corrected chi connectivity index (χ3v) is 7.05. The van der Waals surface area contributed by atoms with Gasteiger partial charge in [-0.05, 0) is 55.7 Å². The van der Waals surface area contributed by atoms with Crippen molar-refractivity contribution in [2.45, 2.75) is 57.6 Å². The second-order valence-electron chi connectivity index (χ2n) is 8.24. The Hall–Kier alpha value is -2.44. The lowest BCUT2D eigenvalue weighted by Crippen LogP contribution is -2.33. The SMILES string of the molecule is C[C@H](CCc1ccccc1)[C@@H](O)C=C[C@H]1CCC(=O)N1CCCc1ccc(C(=O)O)s1. The molecule has 0 radical (unpaired) electrons. The van der Waals surface area contributed by atoms with E-state index in [1.165, 1.54) is 16.9 Å². The number of carbonyl (C=O) groups is 2. The average molecular weight is 442 g/mol. The highest BCUT2D eigenvalue weighted by molar-refractivity contribution is 7.13. The summed E-state index contributed by atoms with van der Waals surface area (Å²) in [4.78, 5) is 26.6. The number of hydrogen-bond acceptors (Lipinski definition) is 4. The molecule has 3 atom stereocenters. The highest BCUT2D eigenvalue weighted by atomic mass is 32.1. The number of amides is 1. The molecular formula is C25H31NO4S. The maximum Gasteiger partial charge on any atom is 0.345 e. The first-order valence-corrected chi connectivity index (χ1v) is 11.8. The largest absolute Gasteiger partial charge is 0.477 e. The normalized spacial score (nSPS) is 18.6. The highest BCUT2D eigenvalue weighted by Gasteiger charge is 2.28. The van der Waals surface area contributed by atoms with Crippen LogP contribution in [0, 0.1) is 5.92 Å². The van der Waals surface area contributed by atoms with Gasteiger partial charge in [-0.1, -0.05) is 49.4 Å². The predicted octanol–water partition coefficient (Wildman–Crippen LogP) is 4.56. The van der Waals surface area contributed by atoms with Crippen LogP contribution in [0.2, 0.25) is 0 Å². The van der Waals surface area contributed by atoms with Crippen molar-refractivity contribution >= 4 is 23.2 Å². The zero-order valence-corrected chi connectivity index (χ0v) is 18.8. The number of aryl methyl sites for hydroxylation is 2. The number of carbonyl (C=O) groups excluding carboxylic acids is 1.